The van der Waals surface area contributed by atoms with Crippen molar-refractivity contribution in [3.63, 3.8) is 0 Å². The standard InChI is InChI=1S/C22H34ClN3O3/c1-15(2)20-13-17(12-18(25-20)6-4-5-10-29-23)16(3)26(19-7-8-19)22(27)21-14-24-9-11-28-21/h12-13,15-16,19,21,24H,4-11,14H2,1-3H3/t16-,21-/m1/s1. The number of aryl methyl sites for hydroxylation is 1. The highest BCUT2D eigenvalue weighted by atomic mass is 35.5. The number of pyridine rings is 1. The van der Waals surface area contributed by atoms with Crippen molar-refractivity contribution in [3.8, 4) is 0 Å². The number of carbonyl (C=O) groups excluding carboxylic acids is 1. The van der Waals surface area contributed by atoms with E-state index in [0.717, 1.165) is 55.6 Å². The summed E-state index contributed by atoms with van der Waals surface area (Å²) in [4.78, 5) is 20.2. The van der Waals surface area contributed by atoms with Gasteiger partial charge in [0.15, 0.2) is 0 Å². The highest BCUT2D eigenvalue weighted by molar-refractivity contribution is 6.07. The fraction of sp³-hybridized carbons (Fsp3) is 0.727. The maximum atomic E-state index is 13.3. The number of amides is 1. The first-order chi connectivity index (χ1) is 14.0. The van der Waals surface area contributed by atoms with Crippen LogP contribution in [0.2, 0.25) is 0 Å². The topological polar surface area (TPSA) is 63.7 Å². The number of morpholine rings is 1. The number of ether oxygens (including phenoxy) is 1. The summed E-state index contributed by atoms with van der Waals surface area (Å²) in [6, 6.07) is 4.67. The van der Waals surface area contributed by atoms with Crippen LogP contribution in [0.5, 0.6) is 0 Å². The van der Waals surface area contributed by atoms with Crippen molar-refractivity contribution in [3.05, 3.63) is 29.1 Å². The third-order valence-corrected chi connectivity index (χ3v) is 5.87. The van der Waals surface area contributed by atoms with Crippen molar-refractivity contribution in [2.45, 2.75) is 77.0 Å². The molecule has 1 aromatic rings. The second kappa shape index (κ2) is 10.7. The molecular formula is C22H34ClN3O3. The van der Waals surface area contributed by atoms with Crippen LogP contribution in [0, 0.1) is 0 Å². The fourth-order valence-corrected chi connectivity index (χ4v) is 3.96. The van der Waals surface area contributed by atoms with Crippen molar-refractivity contribution in [2.24, 2.45) is 0 Å². The molecule has 1 aliphatic heterocycles. The van der Waals surface area contributed by atoms with E-state index < -0.39 is 0 Å². The zero-order valence-electron chi connectivity index (χ0n) is 17.8. The number of hydrogen-bond acceptors (Lipinski definition) is 5. The molecule has 1 aliphatic carbocycles. The predicted octanol–water partition coefficient (Wildman–Crippen LogP) is 3.74. The fourth-order valence-electron chi connectivity index (χ4n) is 3.85. The largest absolute Gasteiger partial charge is 0.366 e. The minimum Gasteiger partial charge on any atom is -0.366 e. The Morgan fingerprint density at radius 1 is 1.34 bits per heavy atom. The molecule has 29 heavy (non-hydrogen) atoms. The van der Waals surface area contributed by atoms with Gasteiger partial charge < -0.3 is 15.0 Å². The van der Waals surface area contributed by atoms with E-state index in [2.05, 4.69) is 47.4 Å². The molecule has 0 aromatic carbocycles. The van der Waals surface area contributed by atoms with Gasteiger partial charge in [0, 0.05) is 30.5 Å². The number of halogens is 1. The van der Waals surface area contributed by atoms with Gasteiger partial charge in [0.2, 0.25) is 0 Å². The molecule has 2 heterocycles. The number of rotatable bonds is 10. The van der Waals surface area contributed by atoms with Crippen molar-refractivity contribution in [1.82, 2.24) is 15.2 Å². The van der Waals surface area contributed by atoms with Gasteiger partial charge in [-0.3, -0.25) is 14.1 Å². The molecule has 0 radical (unpaired) electrons. The van der Waals surface area contributed by atoms with Gasteiger partial charge in [0.1, 0.15) is 6.10 Å². The van der Waals surface area contributed by atoms with Crippen LogP contribution < -0.4 is 5.32 Å². The van der Waals surface area contributed by atoms with Crippen molar-refractivity contribution in [2.75, 3.05) is 26.3 Å². The highest BCUT2D eigenvalue weighted by Gasteiger charge is 2.40. The van der Waals surface area contributed by atoms with Crippen molar-refractivity contribution < 1.29 is 13.8 Å². The number of nitrogens with one attached hydrogen (secondary N) is 1. The lowest BCUT2D eigenvalue weighted by Crippen LogP contribution is -2.50. The van der Waals surface area contributed by atoms with E-state index in [1.807, 2.05) is 0 Å². The lowest BCUT2D eigenvalue weighted by Gasteiger charge is -2.34. The monoisotopic (exact) mass is 423 g/mol. The van der Waals surface area contributed by atoms with E-state index in [1.165, 1.54) is 0 Å². The average molecular weight is 424 g/mol. The highest BCUT2D eigenvalue weighted by Crippen LogP contribution is 2.36. The zero-order valence-corrected chi connectivity index (χ0v) is 18.6. The molecule has 1 aromatic heterocycles. The van der Waals surface area contributed by atoms with Crippen LogP contribution in [0.25, 0.3) is 0 Å². The van der Waals surface area contributed by atoms with Crippen molar-refractivity contribution >= 4 is 17.8 Å². The van der Waals surface area contributed by atoms with Gasteiger partial charge in [-0.2, -0.15) is 0 Å². The zero-order chi connectivity index (χ0) is 20.8. The third-order valence-electron chi connectivity index (χ3n) is 5.71. The third kappa shape index (κ3) is 6.14. The Morgan fingerprint density at radius 3 is 2.76 bits per heavy atom. The molecule has 1 amide bonds. The lowest BCUT2D eigenvalue weighted by molar-refractivity contribution is -0.148. The van der Waals surface area contributed by atoms with Gasteiger partial charge in [0.05, 0.1) is 31.1 Å². The van der Waals surface area contributed by atoms with Crippen molar-refractivity contribution in [1.29, 1.82) is 0 Å². The molecule has 2 atom stereocenters. The molecule has 0 unspecified atom stereocenters. The molecule has 6 nitrogen and oxygen atoms in total. The minimum absolute atomic E-state index is 0.00551. The molecule has 2 aliphatic rings. The molecule has 1 saturated carbocycles. The van der Waals surface area contributed by atoms with E-state index in [1.54, 1.807) is 0 Å². The number of aromatic nitrogens is 1. The Kier molecular flexibility index (Phi) is 8.30. The van der Waals surface area contributed by atoms with E-state index in [0.29, 0.717) is 31.7 Å². The molecule has 7 heteroatoms. The predicted molar refractivity (Wildman–Crippen MR) is 114 cm³/mol. The first-order valence-electron chi connectivity index (χ1n) is 10.9. The molecule has 0 spiro atoms. The molecule has 0 bridgehead atoms. The maximum Gasteiger partial charge on any atom is 0.253 e. The van der Waals surface area contributed by atoms with Gasteiger partial charge in [-0.25, -0.2) is 0 Å². The van der Waals surface area contributed by atoms with Crippen LogP contribution in [0.1, 0.15) is 75.4 Å². The van der Waals surface area contributed by atoms with Gasteiger partial charge in [-0.05, 0) is 62.6 Å². The lowest BCUT2D eigenvalue weighted by atomic mass is 9.99. The summed E-state index contributed by atoms with van der Waals surface area (Å²) in [5, 5.41) is 3.27. The first kappa shape index (κ1) is 22.5. The minimum atomic E-state index is -0.381. The number of nitrogens with zero attached hydrogens (tertiary/aromatic N) is 2. The SMILES string of the molecule is CC(C)c1cc([C@@H](C)N(C(=O)[C@H]2CNCCO2)C2CC2)cc(CCCCOCl)n1. The quantitative estimate of drug-likeness (QED) is 0.581. The summed E-state index contributed by atoms with van der Waals surface area (Å²) in [6.07, 6.45) is 4.52. The Hall–Kier alpha value is -1.21. The van der Waals surface area contributed by atoms with Gasteiger partial charge in [-0.15, -0.1) is 0 Å². The smallest absolute Gasteiger partial charge is 0.253 e. The second-order valence-electron chi connectivity index (χ2n) is 8.46. The van der Waals surface area contributed by atoms with Crippen LogP contribution in [-0.4, -0.2) is 54.2 Å². The Bertz CT molecular complexity index is 675. The Morgan fingerprint density at radius 2 is 2.14 bits per heavy atom. The number of carbonyl (C=O) groups is 1. The van der Waals surface area contributed by atoms with Crippen LogP contribution >= 0.6 is 11.9 Å². The van der Waals surface area contributed by atoms with E-state index in [-0.39, 0.29) is 18.1 Å². The van der Waals surface area contributed by atoms with Gasteiger partial charge >= 0.3 is 0 Å². The molecule has 1 N–H and O–H groups in total. The Balaban J connectivity index is 1.79. The Labute approximate surface area is 179 Å². The van der Waals surface area contributed by atoms with Crippen LogP contribution in [0.3, 0.4) is 0 Å². The van der Waals surface area contributed by atoms with E-state index in [4.69, 9.17) is 21.6 Å². The molecular weight excluding hydrogens is 390 g/mol. The summed E-state index contributed by atoms with van der Waals surface area (Å²) in [7, 11) is 0. The summed E-state index contributed by atoms with van der Waals surface area (Å²) >= 11 is 5.31. The number of hydrogen-bond donors (Lipinski definition) is 1. The van der Waals surface area contributed by atoms with Gasteiger partial charge in [-0.1, -0.05) is 13.8 Å². The normalized spacial score (nSPS) is 20.7. The summed E-state index contributed by atoms with van der Waals surface area (Å²) in [5.74, 6) is 0.443. The second-order valence-corrected chi connectivity index (χ2v) is 8.68. The molecule has 2 fully saturated rings. The van der Waals surface area contributed by atoms with Gasteiger partial charge in [0.25, 0.3) is 5.91 Å². The molecule has 162 valence electrons. The summed E-state index contributed by atoms with van der Waals surface area (Å²) < 4.78 is 10.4. The summed E-state index contributed by atoms with van der Waals surface area (Å²) in [5.41, 5.74) is 3.32. The van der Waals surface area contributed by atoms with Crippen LogP contribution in [0.15, 0.2) is 12.1 Å². The molecule has 3 rings (SSSR count). The van der Waals surface area contributed by atoms with E-state index in [9.17, 15) is 4.79 Å². The molecule has 1 saturated heterocycles. The van der Waals surface area contributed by atoms with Crippen LogP contribution in [0.4, 0.5) is 0 Å². The average Bonchev–Trinajstić information content (AvgIpc) is 3.56. The number of unbranched alkanes of at least 4 members (excludes halogenated alkanes) is 1. The first-order valence-corrected chi connectivity index (χ1v) is 11.2. The van der Waals surface area contributed by atoms with Crippen LogP contribution in [-0.2, 0) is 20.2 Å². The summed E-state index contributed by atoms with van der Waals surface area (Å²) in [6.45, 7) is 9.00. The maximum absolute atomic E-state index is 13.3. The van der Waals surface area contributed by atoms with E-state index >= 15 is 0 Å².